The lowest BCUT2D eigenvalue weighted by molar-refractivity contribution is 0.0703. The van der Waals surface area contributed by atoms with Crippen molar-refractivity contribution in [1.29, 1.82) is 0 Å². The predicted molar refractivity (Wildman–Crippen MR) is 55.8 cm³/mol. The monoisotopic (exact) mass is 213 g/mol. The molecule has 0 unspecified atom stereocenters. The van der Waals surface area contributed by atoms with Crippen LogP contribution in [-0.4, -0.2) is 11.1 Å². The fraction of sp³-hybridized carbons (Fsp3) is 0.125. The molecule has 0 radical (unpaired) electrons. The van der Waals surface area contributed by atoms with E-state index in [9.17, 15) is 4.79 Å². The number of carbonyl (C=O) groups is 1. The molecule has 3 nitrogen and oxygen atoms in total. The molecule has 2 aromatic heterocycles. The van der Waals surface area contributed by atoms with Gasteiger partial charge in [0.2, 0.25) is 0 Å². The summed E-state index contributed by atoms with van der Waals surface area (Å²) in [6, 6.07) is 1.97. The minimum atomic E-state index is -0.941. The Bertz CT molecular complexity index is 484. The first-order chi connectivity index (χ1) is 6.09. The maximum Gasteiger partial charge on any atom is 0.348 e. The highest BCUT2D eigenvalue weighted by molar-refractivity contribution is 7.29. The highest BCUT2D eigenvalue weighted by atomic mass is 32.1. The molecular formula is C8H7NO2S2. The van der Waals surface area contributed by atoms with Gasteiger partial charge < -0.3 is 10.8 Å². The first-order valence-electron chi connectivity index (χ1n) is 3.61. The summed E-state index contributed by atoms with van der Waals surface area (Å²) in [6.07, 6.45) is 0. The molecule has 3 N–H and O–H groups in total. The SMILES string of the molecule is Cc1cc2sc(C(=O)O)c(N)c2s1. The van der Waals surface area contributed by atoms with Crippen molar-refractivity contribution in [3.8, 4) is 0 Å². The number of nitrogen functional groups attached to an aromatic ring is 1. The third-order valence-corrected chi connectivity index (χ3v) is 4.07. The average Bonchev–Trinajstić information content (AvgIpc) is 2.51. The first kappa shape index (κ1) is 8.52. The second-order valence-corrected chi connectivity index (χ2v) is 5.01. The zero-order valence-corrected chi connectivity index (χ0v) is 8.46. The highest BCUT2D eigenvalue weighted by Gasteiger charge is 2.16. The summed E-state index contributed by atoms with van der Waals surface area (Å²) in [7, 11) is 0. The molecule has 0 aliphatic heterocycles. The van der Waals surface area contributed by atoms with Gasteiger partial charge in [-0.05, 0) is 13.0 Å². The summed E-state index contributed by atoms with van der Waals surface area (Å²) in [6.45, 7) is 1.98. The Morgan fingerprint density at radius 2 is 2.23 bits per heavy atom. The van der Waals surface area contributed by atoms with Gasteiger partial charge in [0.1, 0.15) is 4.88 Å². The van der Waals surface area contributed by atoms with Crippen LogP contribution in [-0.2, 0) is 0 Å². The molecule has 0 saturated carbocycles. The normalized spacial score (nSPS) is 10.8. The number of aryl methyl sites for hydroxylation is 1. The molecule has 2 heterocycles. The van der Waals surface area contributed by atoms with E-state index in [1.807, 2.05) is 13.0 Å². The number of hydrogen-bond donors (Lipinski definition) is 2. The fourth-order valence-electron chi connectivity index (χ4n) is 1.18. The molecule has 0 spiro atoms. The largest absolute Gasteiger partial charge is 0.477 e. The molecule has 0 bridgehead atoms. The Morgan fingerprint density at radius 1 is 1.54 bits per heavy atom. The van der Waals surface area contributed by atoms with Crippen molar-refractivity contribution in [1.82, 2.24) is 0 Å². The molecule has 2 rings (SSSR count). The summed E-state index contributed by atoms with van der Waals surface area (Å²) in [5, 5.41) is 8.79. The quantitative estimate of drug-likeness (QED) is 0.765. The van der Waals surface area contributed by atoms with Crippen molar-refractivity contribution in [2.24, 2.45) is 0 Å². The van der Waals surface area contributed by atoms with Gasteiger partial charge >= 0.3 is 5.97 Å². The third-order valence-electron chi connectivity index (χ3n) is 1.72. The molecule has 0 aliphatic rings. The van der Waals surface area contributed by atoms with E-state index in [1.165, 1.54) is 22.7 Å². The van der Waals surface area contributed by atoms with Crippen LogP contribution in [0, 0.1) is 6.92 Å². The van der Waals surface area contributed by atoms with Crippen molar-refractivity contribution in [2.45, 2.75) is 6.92 Å². The van der Waals surface area contributed by atoms with Gasteiger partial charge in [0.15, 0.2) is 0 Å². The molecule has 0 aliphatic carbocycles. The summed E-state index contributed by atoms with van der Waals surface area (Å²) >= 11 is 2.78. The molecule has 68 valence electrons. The van der Waals surface area contributed by atoms with Crippen LogP contribution in [0.15, 0.2) is 6.07 Å². The Hall–Kier alpha value is -1.07. The number of rotatable bonds is 1. The van der Waals surface area contributed by atoms with Crippen LogP contribution in [0.5, 0.6) is 0 Å². The maximum atomic E-state index is 10.7. The second kappa shape index (κ2) is 2.71. The number of hydrogen-bond acceptors (Lipinski definition) is 4. The Morgan fingerprint density at radius 3 is 2.77 bits per heavy atom. The van der Waals surface area contributed by atoms with E-state index in [4.69, 9.17) is 10.8 Å². The molecule has 0 amide bonds. The van der Waals surface area contributed by atoms with Crippen molar-refractivity contribution in [2.75, 3.05) is 5.73 Å². The molecule has 13 heavy (non-hydrogen) atoms. The Labute approximate surface area is 82.4 Å². The van der Waals surface area contributed by atoms with Crippen LogP contribution in [0.2, 0.25) is 0 Å². The lowest BCUT2D eigenvalue weighted by Gasteiger charge is -1.89. The summed E-state index contributed by atoms with van der Waals surface area (Å²) in [5.41, 5.74) is 6.10. The average molecular weight is 213 g/mol. The molecule has 2 aromatic rings. The maximum absolute atomic E-state index is 10.7. The molecule has 0 saturated heterocycles. The summed E-state index contributed by atoms with van der Waals surface area (Å²) in [5.74, 6) is -0.941. The van der Waals surface area contributed by atoms with E-state index in [0.29, 0.717) is 5.69 Å². The van der Waals surface area contributed by atoms with Gasteiger partial charge in [0, 0.05) is 9.58 Å². The Balaban J connectivity index is 2.76. The standard InChI is InChI=1S/C8H7NO2S2/c1-3-2-4-6(12-3)5(9)7(13-4)8(10)11/h2H,9H2,1H3,(H,10,11). The van der Waals surface area contributed by atoms with Gasteiger partial charge in [0.05, 0.1) is 10.4 Å². The van der Waals surface area contributed by atoms with Crippen LogP contribution < -0.4 is 5.73 Å². The fourth-order valence-corrected chi connectivity index (χ4v) is 3.40. The van der Waals surface area contributed by atoms with E-state index in [1.54, 1.807) is 0 Å². The molecule has 0 atom stereocenters. The van der Waals surface area contributed by atoms with Crippen LogP contribution in [0.25, 0.3) is 9.40 Å². The topological polar surface area (TPSA) is 63.3 Å². The predicted octanol–water partition coefficient (Wildman–Crippen LogP) is 2.55. The van der Waals surface area contributed by atoms with Crippen molar-refractivity contribution in [3.05, 3.63) is 15.8 Å². The van der Waals surface area contributed by atoms with Crippen molar-refractivity contribution < 1.29 is 9.90 Å². The van der Waals surface area contributed by atoms with Crippen LogP contribution in [0.3, 0.4) is 0 Å². The molecule has 0 fully saturated rings. The summed E-state index contributed by atoms with van der Waals surface area (Å²) in [4.78, 5) is 12.1. The van der Waals surface area contributed by atoms with E-state index in [2.05, 4.69) is 0 Å². The number of fused-ring (bicyclic) bond motifs is 1. The van der Waals surface area contributed by atoms with Crippen LogP contribution >= 0.6 is 22.7 Å². The highest BCUT2D eigenvalue weighted by Crippen LogP contribution is 2.39. The van der Waals surface area contributed by atoms with E-state index in [-0.39, 0.29) is 4.88 Å². The molecular weight excluding hydrogens is 206 g/mol. The van der Waals surface area contributed by atoms with Crippen LogP contribution in [0.4, 0.5) is 5.69 Å². The lowest BCUT2D eigenvalue weighted by atomic mass is 10.4. The van der Waals surface area contributed by atoms with Gasteiger partial charge in [-0.25, -0.2) is 4.79 Å². The summed E-state index contributed by atoms with van der Waals surface area (Å²) < 4.78 is 1.87. The molecule has 0 aromatic carbocycles. The van der Waals surface area contributed by atoms with E-state index >= 15 is 0 Å². The zero-order valence-electron chi connectivity index (χ0n) is 6.83. The first-order valence-corrected chi connectivity index (χ1v) is 5.24. The van der Waals surface area contributed by atoms with E-state index in [0.717, 1.165) is 14.3 Å². The van der Waals surface area contributed by atoms with Gasteiger partial charge in [0.25, 0.3) is 0 Å². The van der Waals surface area contributed by atoms with Crippen molar-refractivity contribution in [3.63, 3.8) is 0 Å². The number of carboxylic acids is 1. The number of anilines is 1. The zero-order chi connectivity index (χ0) is 9.59. The van der Waals surface area contributed by atoms with E-state index < -0.39 is 5.97 Å². The smallest absolute Gasteiger partial charge is 0.348 e. The number of carboxylic acid groups (broad SMARTS) is 1. The Kier molecular flexibility index (Phi) is 1.78. The van der Waals surface area contributed by atoms with Gasteiger partial charge in [-0.2, -0.15) is 0 Å². The number of thiophene rings is 2. The number of aromatic carboxylic acids is 1. The second-order valence-electron chi connectivity index (χ2n) is 2.70. The van der Waals surface area contributed by atoms with Crippen molar-refractivity contribution >= 4 is 43.7 Å². The van der Waals surface area contributed by atoms with Gasteiger partial charge in [-0.3, -0.25) is 0 Å². The lowest BCUT2D eigenvalue weighted by Crippen LogP contribution is -1.96. The molecule has 5 heteroatoms. The third kappa shape index (κ3) is 1.20. The minimum absolute atomic E-state index is 0.251. The number of nitrogens with two attached hydrogens (primary N) is 1. The van der Waals surface area contributed by atoms with Gasteiger partial charge in [-0.1, -0.05) is 0 Å². The van der Waals surface area contributed by atoms with Gasteiger partial charge in [-0.15, -0.1) is 22.7 Å². The minimum Gasteiger partial charge on any atom is -0.477 e. The van der Waals surface area contributed by atoms with Crippen LogP contribution in [0.1, 0.15) is 14.5 Å².